The molecule has 0 N–H and O–H groups in total. The van der Waals surface area contributed by atoms with Gasteiger partial charge >= 0.3 is 6.09 Å². The molecule has 1 amide bonds. The van der Waals surface area contributed by atoms with Gasteiger partial charge < -0.3 is 4.74 Å². The number of halogens is 1. The summed E-state index contributed by atoms with van der Waals surface area (Å²) in [5.74, 6) is 0. The van der Waals surface area contributed by atoms with Crippen LogP contribution in [0.25, 0.3) is 0 Å². The first-order valence-corrected chi connectivity index (χ1v) is 6.81. The highest BCUT2D eigenvalue weighted by Gasteiger charge is 2.34. The van der Waals surface area contributed by atoms with Crippen LogP contribution in [0.15, 0.2) is 24.3 Å². The molecule has 0 aliphatic heterocycles. The third kappa shape index (κ3) is 3.39. The SMILES string of the molecule is CCCCOC(=O)N(c1ccc(Cl)cc1)C1CC1. The molecule has 18 heavy (non-hydrogen) atoms. The van der Waals surface area contributed by atoms with Crippen molar-refractivity contribution in [2.24, 2.45) is 0 Å². The van der Waals surface area contributed by atoms with E-state index in [9.17, 15) is 4.79 Å². The molecule has 3 nitrogen and oxygen atoms in total. The summed E-state index contributed by atoms with van der Waals surface area (Å²) >= 11 is 5.86. The van der Waals surface area contributed by atoms with Crippen molar-refractivity contribution in [3.63, 3.8) is 0 Å². The fourth-order valence-corrected chi connectivity index (χ4v) is 1.90. The molecule has 1 saturated carbocycles. The summed E-state index contributed by atoms with van der Waals surface area (Å²) in [6.07, 6.45) is 3.78. The summed E-state index contributed by atoms with van der Waals surface area (Å²) in [6.45, 7) is 2.57. The standard InChI is InChI=1S/C14H18ClNO2/c1-2-3-10-18-14(17)16(13-8-9-13)12-6-4-11(15)5-7-12/h4-7,13H,2-3,8-10H2,1H3. The molecule has 0 aromatic heterocycles. The summed E-state index contributed by atoms with van der Waals surface area (Å²) in [5, 5.41) is 0.675. The number of hydrogen-bond donors (Lipinski definition) is 0. The zero-order valence-electron chi connectivity index (χ0n) is 10.6. The van der Waals surface area contributed by atoms with Crippen LogP contribution >= 0.6 is 11.6 Å². The summed E-state index contributed by atoms with van der Waals surface area (Å²) in [6, 6.07) is 7.61. The number of anilines is 1. The monoisotopic (exact) mass is 267 g/mol. The van der Waals surface area contributed by atoms with Crippen LogP contribution in [-0.2, 0) is 4.74 Å². The van der Waals surface area contributed by atoms with Crippen molar-refractivity contribution in [1.29, 1.82) is 0 Å². The van der Waals surface area contributed by atoms with Crippen molar-refractivity contribution < 1.29 is 9.53 Å². The summed E-state index contributed by atoms with van der Waals surface area (Å²) in [7, 11) is 0. The van der Waals surface area contributed by atoms with Gasteiger partial charge in [0.1, 0.15) is 0 Å². The predicted molar refractivity (Wildman–Crippen MR) is 73.2 cm³/mol. The molecule has 0 radical (unpaired) electrons. The van der Waals surface area contributed by atoms with Crippen LogP contribution in [0.4, 0.5) is 10.5 Å². The Morgan fingerprint density at radius 3 is 2.61 bits per heavy atom. The zero-order valence-corrected chi connectivity index (χ0v) is 11.3. The van der Waals surface area contributed by atoms with Crippen LogP contribution in [0, 0.1) is 0 Å². The Morgan fingerprint density at radius 1 is 1.39 bits per heavy atom. The number of ether oxygens (including phenoxy) is 1. The maximum atomic E-state index is 12.1. The Hall–Kier alpha value is -1.22. The molecule has 1 aliphatic rings. The van der Waals surface area contributed by atoms with Gasteiger partial charge in [-0.15, -0.1) is 0 Å². The maximum absolute atomic E-state index is 12.1. The fourth-order valence-electron chi connectivity index (χ4n) is 1.77. The van der Waals surface area contributed by atoms with Gasteiger partial charge in [0.15, 0.2) is 0 Å². The molecule has 1 aliphatic carbocycles. The number of amides is 1. The molecule has 0 atom stereocenters. The van der Waals surface area contributed by atoms with Crippen molar-refractivity contribution in [2.75, 3.05) is 11.5 Å². The van der Waals surface area contributed by atoms with E-state index >= 15 is 0 Å². The smallest absolute Gasteiger partial charge is 0.414 e. The molecule has 98 valence electrons. The van der Waals surface area contributed by atoms with E-state index in [4.69, 9.17) is 16.3 Å². The third-order valence-corrected chi connectivity index (χ3v) is 3.19. The minimum absolute atomic E-state index is 0.242. The van der Waals surface area contributed by atoms with Gasteiger partial charge in [-0.3, -0.25) is 4.90 Å². The first-order chi connectivity index (χ1) is 8.72. The molecular weight excluding hydrogens is 250 g/mol. The van der Waals surface area contributed by atoms with Crippen molar-refractivity contribution in [3.05, 3.63) is 29.3 Å². The van der Waals surface area contributed by atoms with Gasteiger partial charge in [0.05, 0.1) is 6.61 Å². The lowest BCUT2D eigenvalue weighted by Crippen LogP contribution is -2.33. The van der Waals surface area contributed by atoms with E-state index in [1.54, 1.807) is 17.0 Å². The molecule has 1 fully saturated rings. The molecule has 4 heteroatoms. The second-order valence-electron chi connectivity index (χ2n) is 4.55. The lowest BCUT2D eigenvalue weighted by molar-refractivity contribution is 0.151. The van der Waals surface area contributed by atoms with Gasteiger partial charge in [-0.05, 0) is 43.5 Å². The molecule has 0 bridgehead atoms. The molecule has 2 rings (SSSR count). The number of rotatable bonds is 5. The van der Waals surface area contributed by atoms with Gasteiger partial charge in [0, 0.05) is 16.8 Å². The Kier molecular flexibility index (Phi) is 4.48. The second kappa shape index (κ2) is 6.10. The van der Waals surface area contributed by atoms with Crippen molar-refractivity contribution in [3.8, 4) is 0 Å². The van der Waals surface area contributed by atoms with E-state index in [0.717, 1.165) is 31.4 Å². The Labute approximate surface area is 113 Å². The fraction of sp³-hybridized carbons (Fsp3) is 0.500. The average Bonchev–Trinajstić information content (AvgIpc) is 3.17. The highest BCUT2D eigenvalue weighted by molar-refractivity contribution is 6.30. The molecule has 1 aromatic carbocycles. The third-order valence-electron chi connectivity index (χ3n) is 2.94. The first-order valence-electron chi connectivity index (χ1n) is 6.44. The summed E-state index contributed by atoms with van der Waals surface area (Å²) in [4.78, 5) is 13.8. The summed E-state index contributed by atoms with van der Waals surface area (Å²) < 4.78 is 5.28. The second-order valence-corrected chi connectivity index (χ2v) is 4.98. The predicted octanol–water partition coefficient (Wildman–Crippen LogP) is 4.25. The lowest BCUT2D eigenvalue weighted by Gasteiger charge is -2.21. The zero-order chi connectivity index (χ0) is 13.0. The normalized spacial score (nSPS) is 14.3. The molecule has 0 unspecified atom stereocenters. The Balaban J connectivity index is 2.03. The lowest BCUT2D eigenvalue weighted by atomic mass is 10.3. The maximum Gasteiger partial charge on any atom is 0.414 e. The summed E-state index contributed by atoms with van der Waals surface area (Å²) in [5.41, 5.74) is 0.864. The highest BCUT2D eigenvalue weighted by Crippen LogP contribution is 2.32. The number of carbonyl (C=O) groups is 1. The minimum atomic E-state index is -0.242. The van der Waals surface area contributed by atoms with Gasteiger partial charge in [-0.1, -0.05) is 24.9 Å². The molecule has 0 saturated heterocycles. The highest BCUT2D eigenvalue weighted by atomic mass is 35.5. The average molecular weight is 268 g/mol. The van der Waals surface area contributed by atoms with Gasteiger partial charge in [-0.25, -0.2) is 4.79 Å². The number of unbranched alkanes of at least 4 members (excludes halogenated alkanes) is 1. The Morgan fingerprint density at radius 2 is 2.06 bits per heavy atom. The molecule has 0 spiro atoms. The van der Waals surface area contributed by atoms with Crippen LogP contribution in [0.3, 0.4) is 0 Å². The van der Waals surface area contributed by atoms with E-state index in [0.29, 0.717) is 17.7 Å². The van der Waals surface area contributed by atoms with Crippen LogP contribution in [-0.4, -0.2) is 18.7 Å². The van der Waals surface area contributed by atoms with E-state index in [-0.39, 0.29) is 6.09 Å². The van der Waals surface area contributed by atoms with E-state index in [2.05, 4.69) is 6.92 Å². The van der Waals surface area contributed by atoms with Crippen molar-refractivity contribution in [1.82, 2.24) is 0 Å². The van der Waals surface area contributed by atoms with Crippen LogP contribution in [0.2, 0.25) is 5.02 Å². The van der Waals surface area contributed by atoms with Crippen molar-refractivity contribution >= 4 is 23.4 Å². The Bertz CT molecular complexity index is 401. The van der Waals surface area contributed by atoms with Crippen molar-refractivity contribution in [2.45, 2.75) is 38.6 Å². The first kappa shape index (κ1) is 13.2. The quantitative estimate of drug-likeness (QED) is 0.747. The topological polar surface area (TPSA) is 29.5 Å². The largest absolute Gasteiger partial charge is 0.449 e. The van der Waals surface area contributed by atoms with E-state index < -0.39 is 0 Å². The van der Waals surface area contributed by atoms with Gasteiger partial charge in [-0.2, -0.15) is 0 Å². The minimum Gasteiger partial charge on any atom is -0.449 e. The molecule has 1 aromatic rings. The van der Waals surface area contributed by atoms with E-state index in [1.165, 1.54) is 0 Å². The van der Waals surface area contributed by atoms with Gasteiger partial charge in [0.2, 0.25) is 0 Å². The van der Waals surface area contributed by atoms with Crippen LogP contribution < -0.4 is 4.90 Å². The molecule has 0 heterocycles. The van der Waals surface area contributed by atoms with Gasteiger partial charge in [0.25, 0.3) is 0 Å². The number of hydrogen-bond acceptors (Lipinski definition) is 2. The number of carbonyl (C=O) groups excluding carboxylic acids is 1. The van der Waals surface area contributed by atoms with Crippen LogP contribution in [0.1, 0.15) is 32.6 Å². The molecular formula is C14H18ClNO2. The number of benzene rings is 1. The van der Waals surface area contributed by atoms with E-state index in [1.807, 2.05) is 12.1 Å². The van der Waals surface area contributed by atoms with Crippen LogP contribution in [0.5, 0.6) is 0 Å². The number of nitrogens with zero attached hydrogens (tertiary/aromatic N) is 1.